The molecular weight excluding hydrogens is 316 g/mol. The average Bonchev–Trinajstić information content (AvgIpc) is 3.13. The fourth-order valence-corrected chi connectivity index (χ4v) is 2.76. The number of nitrogen functional groups attached to an aromatic ring is 1. The van der Waals surface area contributed by atoms with Crippen LogP contribution in [0.25, 0.3) is 17.1 Å². The molecule has 3 heterocycles. The Bertz CT molecular complexity index is 788. The van der Waals surface area contributed by atoms with Gasteiger partial charge in [-0.1, -0.05) is 0 Å². The van der Waals surface area contributed by atoms with E-state index in [-0.39, 0.29) is 12.4 Å². The molecule has 1 aliphatic rings. The number of carbonyl (C=O) groups excluding carboxylic acids is 1. The highest BCUT2D eigenvalue weighted by Gasteiger charge is 2.35. The molecule has 0 unspecified atom stereocenters. The second-order valence-corrected chi connectivity index (χ2v) is 5.42. The van der Waals surface area contributed by atoms with Crippen LogP contribution in [0.1, 0.15) is 18.2 Å². The van der Waals surface area contributed by atoms with E-state index in [9.17, 15) is 15.0 Å². The predicted molar refractivity (Wildman–Crippen MR) is 84.6 cm³/mol. The number of aliphatic hydroxyl groups is 2. The monoisotopic (exact) mass is 334 g/mol. The standard InChI is InChI=1S/C15H18N4O5/c1-23-12(22)3-2-8-5-19(11-4-9(21)10(6-20)24-11)15-13(8)14(16)17-7-18-15/h2-3,5,7,9-11,20-21H,4,6H2,1H3,(H2,16,17,18)/b3-2+/t9-,10+,11+/m0/s1. The molecule has 2 aromatic rings. The zero-order valence-electron chi connectivity index (χ0n) is 13.0. The van der Waals surface area contributed by atoms with E-state index in [4.69, 9.17) is 10.5 Å². The van der Waals surface area contributed by atoms with Crippen molar-refractivity contribution in [2.45, 2.75) is 24.9 Å². The lowest BCUT2D eigenvalue weighted by Gasteiger charge is -2.14. The zero-order chi connectivity index (χ0) is 17.3. The van der Waals surface area contributed by atoms with Gasteiger partial charge in [0.1, 0.15) is 30.1 Å². The minimum absolute atomic E-state index is 0.264. The van der Waals surface area contributed by atoms with Gasteiger partial charge in [-0.15, -0.1) is 0 Å². The second-order valence-electron chi connectivity index (χ2n) is 5.42. The third-order valence-electron chi connectivity index (χ3n) is 3.96. The summed E-state index contributed by atoms with van der Waals surface area (Å²) in [7, 11) is 1.29. The van der Waals surface area contributed by atoms with Crippen molar-refractivity contribution in [3.05, 3.63) is 24.2 Å². The quantitative estimate of drug-likeness (QED) is 0.519. The normalized spacial score (nSPS) is 24.0. The number of ether oxygens (including phenoxy) is 2. The lowest BCUT2D eigenvalue weighted by Crippen LogP contribution is -2.24. The first kappa shape index (κ1) is 16.4. The molecule has 128 valence electrons. The van der Waals surface area contributed by atoms with Gasteiger partial charge in [-0.05, 0) is 6.08 Å². The van der Waals surface area contributed by atoms with Gasteiger partial charge >= 0.3 is 5.97 Å². The maximum atomic E-state index is 11.3. The Balaban J connectivity index is 2.05. The molecule has 0 radical (unpaired) electrons. The molecule has 9 heteroatoms. The Labute approximate surface area is 137 Å². The SMILES string of the molecule is COC(=O)/C=C/c1cn([C@H]2C[C@H](O)[C@@H](CO)O2)c2ncnc(N)c12. The van der Waals surface area contributed by atoms with Crippen LogP contribution in [0.4, 0.5) is 5.82 Å². The van der Waals surface area contributed by atoms with Crippen LogP contribution in [0.3, 0.4) is 0 Å². The highest BCUT2D eigenvalue weighted by Crippen LogP contribution is 2.34. The summed E-state index contributed by atoms with van der Waals surface area (Å²) in [4.78, 5) is 19.5. The smallest absolute Gasteiger partial charge is 0.330 e. The molecule has 4 N–H and O–H groups in total. The maximum Gasteiger partial charge on any atom is 0.330 e. The summed E-state index contributed by atoms with van der Waals surface area (Å²) in [6, 6.07) is 0. The number of fused-ring (bicyclic) bond motifs is 1. The molecule has 3 rings (SSSR count). The Hall–Kier alpha value is -2.49. The van der Waals surface area contributed by atoms with Crippen LogP contribution < -0.4 is 5.73 Å². The van der Waals surface area contributed by atoms with E-state index < -0.39 is 24.4 Å². The van der Waals surface area contributed by atoms with Crippen LogP contribution in [0.15, 0.2) is 18.6 Å². The van der Waals surface area contributed by atoms with E-state index in [0.717, 1.165) is 0 Å². The molecular formula is C15H18N4O5. The lowest BCUT2D eigenvalue weighted by molar-refractivity contribution is -0.134. The Morgan fingerprint density at radius 2 is 2.38 bits per heavy atom. The number of anilines is 1. The summed E-state index contributed by atoms with van der Waals surface area (Å²) in [6.45, 7) is -0.275. The fourth-order valence-electron chi connectivity index (χ4n) is 2.76. The highest BCUT2D eigenvalue weighted by molar-refractivity contribution is 5.97. The molecule has 0 aliphatic carbocycles. The molecule has 0 saturated carbocycles. The molecule has 0 spiro atoms. The first-order chi connectivity index (χ1) is 11.5. The van der Waals surface area contributed by atoms with Gasteiger partial charge in [0, 0.05) is 24.3 Å². The minimum Gasteiger partial charge on any atom is -0.466 e. The summed E-state index contributed by atoms with van der Waals surface area (Å²) in [5.74, 6) is -0.236. The van der Waals surface area contributed by atoms with E-state index in [1.54, 1.807) is 16.8 Å². The number of rotatable bonds is 4. The van der Waals surface area contributed by atoms with E-state index >= 15 is 0 Å². The Morgan fingerprint density at radius 3 is 3.04 bits per heavy atom. The largest absolute Gasteiger partial charge is 0.466 e. The molecule has 0 bridgehead atoms. The van der Waals surface area contributed by atoms with Gasteiger partial charge in [-0.25, -0.2) is 14.8 Å². The molecule has 0 amide bonds. The van der Waals surface area contributed by atoms with Crippen LogP contribution in [0, 0.1) is 0 Å². The van der Waals surface area contributed by atoms with Crippen molar-refractivity contribution in [2.75, 3.05) is 19.5 Å². The van der Waals surface area contributed by atoms with Crippen molar-refractivity contribution in [3.8, 4) is 0 Å². The summed E-state index contributed by atoms with van der Waals surface area (Å²) in [5.41, 5.74) is 7.08. The highest BCUT2D eigenvalue weighted by atomic mass is 16.5. The average molecular weight is 334 g/mol. The van der Waals surface area contributed by atoms with Gasteiger partial charge in [-0.2, -0.15) is 0 Å². The van der Waals surface area contributed by atoms with Crippen molar-refractivity contribution >= 4 is 28.9 Å². The van der Waals surface area contributed by atoms with Gasteiger partial charge in [0.05, 0.1) is 25.2 Å². The molecule has 1 fully saturated rings. The van der Waals surface area contributed by atoms with E-state index in [2.05, 4.69) is 14.7 Å². The molecule has 1 aliphatic heterocycles. The fraction of sp³-hybridized carbons (Fsp3) is 0.400. The second kappa shape index (κ2) is 6.56. The van der Waals surface area contributed by atoms with Crippen LogP contribution in [0.2, 0.25) is 0 Å². The third-order valence-corrected chi connectivity index (χ3v) is 3.96. The van der Waals surface area contributed by atoms with Crippen molar-refractivity contribution in [2.24, 2.45) is 0 Å². The molecule has 24 heavy (non-hydrogen) atoms. The topological polar surface area (TPSA) is 133 Å². The van der Waals surface area contributed by atoms with E-state index in [1.165, 1.54) is 19.5 Å². The number of aromatic nitrogens is 3. The molecule has 9 nitrogen and oxygen atoms in total. The third kappa shape index (κ3) is 2.84. The van der Waals surface area contributed by atoms with E-state index in [1.807, 2.05) is 0 Å². The van der Waals surface area contributed by atoms with Gasteiger partial charge in [0.2, 0.25) is 0 Å². The molecule has 2 aromatic heterocycles. The van der Waals surface area contributed by atoms with Gasteiger partial charge in [-0.3, -0.25) is 0 Å². The van der Waals surface area contributed by atoms with Gasteiger partial charge < -0.3 is 30.0 Å². The van der Waals surface area contributed by atoms with Crippen LogP contribution >= 0.6 is 0 Å². The predicted octanol–water partition coefficient (Wildman–Crippen LogP) is -0.160. The van der Waals surface area contributed by atoms with E-state index in [0.29, 0.717) is 23.0 Å². The molecule has 3 atom stereocenters. The molecule has 0 aromatic carbocycles. The van der Waals surface area contributed by atoms with Crippen molar-refractivity contribution in [1.82, 2.24) is 14.5 Å². The van der Waals surface area contributed by atoms with Crippen LogP contribution in [-0.4, -0.2) is 56.6 Å². The number of aliphatic hydroxyl groups excluding tert-OH is 2. The number of methoxy groups -OCH3 is 1. The summed E-state index contributed by atoms with van der Waals surface area (Å²) < 4.78 is 12.0. The number of carbonyl (C=O) groups is 1. The zero-order valence-corrected chi connectivity index (χ0v) is 13.0. The number of esters is 1. The molecule has 1 saturated heterocycles. The number of nitrogens with two attached hydrogens (primary N) is 1. The lowest BCUT2D eigenvalue weighted by atomic mass is 10.2. The van der Waals surface area contributed by atoms with Crippen LogP contribution in [-0.2, 0) is 14.3 Å². The first-order valence-electron chi connectivity index (χ1n) is 7.36. The summed E-state index contributed by atoms with van der Waals surface area (Å²) in [5, 5.41) is 19.7. The van der Waals surface area contributed by atoms with Gasteiger partial charge in [0.25, 0.3) is 0 Å². The van der Waals surface area contributed by atoms with Crippen molar-refractivity contribution in [1.29, 1.82) is 0 Å². The van der Waals surface area contributed by atoms with Gasteiger partial charge in [0.15, 0.2) is 0 Å². The van der Waals surface area contributed by atoms with Crippen molar-refractivity contribution in [3.63, 3.8) is 0 Å². The summed E-state index contributed by atoms with van der Waals surface area (Å²) in [6.07, 6.45) is 4.24. The van der Waals surface area contributed by atoms with Crippen molar-refractivity contribution < 1.29 is 24.5 Å². The Kier molecular flexibility index (Phi) is 4.47. The number of nitrogens with zero attached hydrogens (tertiary/aromatic N) is 3. The Morgan fingerprint density at radius 1 is 1.58 bits per heavy atom. The first-order valence-corrected chi connectivity index (χ1v) is 7.36. The maximum absolute atomic E-state index is 11.3. The minimum atomic E-state index is -0.773. The number of hydrogen-bond acceptors (Lipinski definition) is 8. The number of hydrogen-bond donors (Lipinski definition) is 3. The summed E-state index contributed by atoms with van der Waals surface area (Å²) >= 11 is 0. The van der Waals surface area contributed by atoms with Crippen LogP contribution in [0.5, 0.6) is 0 Å².